The highest BCUT2D eigenvalue weighted by molar-refractivity contribution is 9.28. The van der Waals surface area contributed by atoms with Crippen molar-refractivity contribution in [2.24, 2.45) is 28.6 Å². The van der Waals surface area contributed by atoms with E-state index in [1.165, 1.54) is 35.5 Å². The molecule has 3 saturated carbocycles. The quantitative estimate of drug-likeness (QED) is 0.506. The van der Waals surface area contributed by atoms with Gasteiger partial charge < -0.3 is 0 Å². The number of rotatable bonds is 0. The van der Waals surface area contributed by atoms with Gasteiger partial charge in [0.25, 0.3) is 0 Å². The van der Waals surface area contributed by atoms with Gasteiger partial charge in [-0.25, -0.2) is 0 Å². The van der Waals surface area contributed by atoms with E-state index in [0.29, 0.717) is 10.8 Å². The molecule has 0 unspecified atom stereocenters. The van der Waals surface area contributed by atoms with Gasteiger partial charge >= 0.3 is 0 Å². The van der Waals surface area contributed by atoms with E-state index >= 15 is 0 Å². The van der Waals surface area contributed by atoms with Crippen LogP contribution in [-0.4, -0.2) is 0 Å². The molecule has 0 aromatic heterocycles. The summed E-state index contributed by atoms with van der Waals surface area (Å²) in [5.41, 5.74) is 2.73. The minimum Gasteiger partial charge on any atom is -0.0596 e. The van der Waals surface area contributed by atoms with E-state index in [2.05, 4.69) is 52.6 Å². The van der Waals surface area contributed by atoms with Crippen molar-refractivity contribution < 1.29 is 0 Å². The molecule has 3 fully saturated rings. The van der Waals surface area contributed by atoms with Crippen molar-refractivity contribution in [3.63, 3.8) is 0 Å². The highest BCUT2D eigenvalue weighted by Crippen LogP contribution is 2.71. The van der Waals surface area contributed by atoms with Gasteiger partial charge in [-0.15, -0.1) is 0 Å². The summed E-state index contributed by atoms with van der Waals surface area (Å²) in [5, 5.41) is 0. The summed E-state index contributed by atoms with van der Waals surface area (Å²) >= 11 is 7.47. The molecule has 0 radical (unpaired) electrons. The van der Waals surface area contributed by atoms with Crippen LogP contribution in [0.1, 0.15) is 52.9 Å². The molecule has 0 heterocycles. The van der Waals surface area contributed by atoms with Crippen molar-refractivity contribution in [2.75, 3.05) is 0 Å². The molecule has 0 aromatic carbocycles. The van der Waals surface area contributed by atoms with Crippen LogP contribution in [0.5, 0.6) is 0 Å². The molecule has 2 heteroatoms. The van der Waals surface area contributed by atoms with Crippen molar-refractivity contribution in [3.05, 3.63) is 8.96 Å². The first-order valence-electron chi connectivity index (χ1n) is 6.93. The number of halogens is 2. The third-order valence-electron chi connectivity index (χ3n) is 6.08. The fourth-order valence-corrected chi connectivity index (χ4v) is 7.00. The van der Waals surface area contributed by atoms with Crippen LogP contribution in [0.4, 0.5) is 0 Å². The van der Waals surface area contributed by atoms with Gasteiger partial charge in [-0.1, -0.05) is 27.2 Å². The van der Waals surface area contributed by atoms with Gasteiger partial charge in [0, 0.05) is 0 Å². The van der Waals surface area contributed by atoms with Gasteiger partial charge in [-0.05, 0) is 91.7 Å². The maximum Gasteiger partial charge on any atom is 0.0604 e. The van der Waals surface area contributed by atoms with E-state index in [-0.39, 0.29) is 0 Å². The Balaban J connectivity index is 2.15. The smallest absolute Gasteiger partial charge is 0.0596 e. The normalized spacial score (nSPS) is 47.1. The molecule has 0 aliphatic heterocycles. The fraction of sp³-hybridized carbons (Fsp3) is 0.867. The van der Waals surface area contributed by atoms with Gasteiger partial charge in [0.1, 0.15) is 0 Å². The summed E-state index contributed by atoms with van der Waals surface area (Å²) in [6.45, 7) is 7.56. The Labute approximate surface area is 122 Å². The molecule has 17 heavy (non-hydrogen) atoms. The Bertz CT molecular complexity index is 378. The summed E-state index contributed by atoms with van der Waals surface area (Å²) in [6.07, 6.45) is 7.11. The third-order valence-corrected chi connectivity index (χ3v) is 6.94. The molecule has 0 nitrogen and oxygen atoms in total. The molecular formula is C15H22Br2. The molecule has 3 aliphatic rings. The first-order valence-corrected chi connectivity index (χ1v) is 8.52. The van der Waals surface area contributed by atoms with Crippen LogP contribution in [0.15, 0.2) is 8.96 Å². The van der Waals surface area contributed by atoms with Crippen LogP contribution in [0, 0.1) is 28.6 Å². The Morgan fingerprint density at radius 1 is 1.12 bits per heavy atom. The van der Waals surface area contributed by atoms with Crippen molar-refractivity contribution in [1.29, 1.82) is 0 Å². The van der Waals surface area contributed by atoms with Crippen molar-refractivity contribution in [3.8, 4) is 0 Å². The van der Waals surface area contributed by atoms with Gasteiger partial charge in [0.2, 0.25) is 0 Å². The maximum atomic E-state index is 3.73. The third kappa shape index (κ3) is 1.59. The molecule has 0 spiro atoms. The SMILES string of the molecule is CC1(C)CCC[C@@]2(C)C(=C(Br)Br)[C@@H]3CC[C@H]2[C@@H]31. The van der Waals surface area contributed by atoms with E-state index < -0.39 is 0 Å². The number of hydrogen-bond donors (Lipinski definition) is 0. The predicted molar refractivity (Wildman–Crippen MR) is 80.3 cm³/mol. The second kappa shape index (κ2) is 3.85. The lowest BCUT2D eigenvalue weighted by molar-refractivity contribution is 0.141. The molecule has 4 bridgehead atoms. The Morgan fingerprint density at radius 2 is 1.82 bits per heavy atom. The van der Waals surface area contributed by atoms with E-state index in [9.17, 15) is 0 Å². The minimum atomic E-state index is 0.476. The lowest BCUT2D eigenvalue weighted by Crippen LogP contribution is -2.28. The zero-order valence-electron chi connectivity index (χ0n) is 11.0. The zero-order valence-corrected chi connectivity index (χ0v) is 14.2. The van der Waals surface area contributed by atoms with Gasteiger partial charge in [-0.3, -0.25) is 0 Å². The molecule has 3 aliphatic carbocycles. The standard InChI is InChI=1S/C15H22Br2/c1-14(2)7-4-8-15(3)10-6-5-9(11(10)14)12(15)13(16)17/h9-11H,4-8H2,1-3H3/t9-,10+,11-,15-/m1/s1. The van der Waals surface area contributed by atoms with Crippen LogP contribution in [0.2, 0.25) is 0 Å². The average molecular weight is 362 g/mol. The molecule has 3 rings (SSSR count). The molecule has 0 saturated heterocycles. The van der Waals surface area contributed by atoms with Crippen molar-refractivity contribution in [1.82, 2.24) is 0 Å². The van der Waals surface area contributed by atoms with Gasteiger partial charge in [-0.2, -0.15) is 0 Å². The topological polar surface area (TPSA) is 0 Å². The molecule has 0 aromatic rings. The summed E-state index contributed by atoms with van der Waals surface area (Å²) in [4.78, 5) is 0. The van der Waals surface area contributed by atoms with Crippen LogP contribution >= 0.6 is 31.9 Å². The largest absolute Gasteiger partial charge is 0.0604 e. The summed E-state index contributed by atoms with van der Waals surface area (Å²) in [6, 6.07) is 0. The summed E-state index contributed by atoms with van der Waals surface area (Å²) < 4.78 is 1.27. The molecular weight excluding hydrogens is 340 g/mol. The zero-order chi connectivity index (χ0) is 12.4. The van der Waals surface area contributed by atoms with Crippen molar-refractivity contribution >= 4 is 31.9 Å². The maximum absolute atomic E-state index is 3.73. The van der Waals surface area contributed by atoms with Gasteiger partial charge in [0.05, 0.1) is 3.39 Å². The highest BCUT2D eigenvalue weighted by Gasteiger charge is 2.62. The lowest BCUT2D eigenvalue weighted by Gasteiger charge is -2.37. The Morgan fingerprint density at radius 3 is 2.47 bits per heavy atom. The van der Waals surface area contributed by atoms with Crippen LogP contribution < -0.4 is 0 Å². The number of hydrogen-bond acceptors (Lipinski definition) is 0. The second-order valence-corrected chi connectivity index (χ2v) is 9.90. The highest BCUT2D eigenvalue weighted by atomic mass is 79.9. The Kier molecular flexibility index (Phi) is 2.88. The molecule has 0 amide bonds. The van der Waals surface area contributed by atoms with Crippen LogP contribution in [-0.2, 0) is 0 Å². The average Bonchev–Trinajstić information content (AvgIpc) is 2.67. The van der Waals surface area contributed by atoms with E-state index in [0.717, 1.165) is 17.8 Å². The first kappa shape index (κ1) is 12.7. The monoisotopic (exact) mass is 360 g/mol. The van der Waals surface area contributed by atoms with E-state index in [4.69, 9.17) is 0 Å². The van der Waals surface area contributed by atoms with E-state index in [1.807, 2.05) is 0 Å². The first-order chi connectivity index (χ1) is 7.88. The lowest BCUT2D eigenvalue weighted by atomic mass is 9.69. The fourth-order valence-electron chi connectivity index (χ4n) is 5.50. The summed E-state index contributed by atoms with van der Waals surface area (Å²) in [7, 11) is 0. The Hall–Kier alpha value is 0.700. The number of allylic oxidation sites excluding steroid dienone is 1. The summed E-state index contributed by atoms with van der Waals surface area (Å²) in [5.74, 6) is 2.70. The van der Waals surface area contributed by atoms with E-state index in [1.54, 1.807) is 5.57 Å². The minimum absolute atomic E-state index is 0.476. The molecule has 96 valence electrons. The van der Waals surface area contributed by atoms with Crippen LogP contribution in [0.25, 0.3) is 0 Å². The van der Waals surface area contributed by atoms with Crippen molar-refractivity contribution in [2.45, 2.75) is 52.9 Å². The predicted octanol–water partition coefficient (Wildman–Crippen LogP) is 5.86. The molecule has 4 atom stereocenters. The van der Waals surface area contributed by atoms with Crippen LogP contribution in [0.3, 0.4) is 0 Å². The van der Waals surface area contributed by atoms with Gasteiger partial charge in [0.15, 0.2) is 0 Å². The molecule has 0 N–H and O–H groups in total. The second-order valence-electron chi connectivity index (χ2n) is 7.25.